The van der Waals surface area contributed by atoms with Crippen molar-refractivity contribution in [2.75, 3.05) is 0 Å². The summed E-state index contributed by atoms with van der Waals surface area (Å²) in [6, 6.07) is -1.27. The minimum atomic E-state index is -1.32. The van der Waals surface area contributed by atoms with Gasteiger partial charge in [-0.15, -0.1) is 0 Å². The third-order valence-corrected chi connectivity index (χ3v) is 2.51. The highest BCUT2D eigenvalue weighted by atomic mass is 16.4. The van der Waals surface area contributed by atoms with Gasteiger partial charge in [0.2, 0.25) is 5.91 Å². The standard InChI is InChI=1S/C11H17NO7/c1-6(10(16)17)2-4-8(13)12-7(11(18)19)3-5-9(14)15/h6-7H,2-5H2,1H3,(H,12,13)(H,14,15)(H,16,17)(H,18,19). The van der Waals surface area contributed by atoms with Crippen molar-refractivity contribution in [2.24, 2.45) is 5.92 Å². The molecule has 19 heavy (non-hydrogen) atoms. The maximum atomic E-state index is 11.4. The second kappa shape index (κ2) is 8.06. The molecule has 2 unspecified atom stereocenters. The SMILES string of the molecule is CC(CCC(=O)NC(CCC(=O)O)C(=O)O)C(=O)O. The van der Waals surface area contributed by atoms with Gasteiger partial charge >= 0.3 is 17.9 Å². The number of nitrogens with one attached hydrogen (secondary N) is 1. The Bertz CT molecular complexity index is 366. The van der Waals surface area contributed by atoms with E-state index >= 15 is 0 Å². The van der Waals surface area contributed by atoms with E-state index in [1.165, 1.54) is 6.92 Å². The van der Waals surface area contributed by atoms with Crippen LogP contribution in [0.15, 0.2) is 0 Å². The van der Waals surface area contributed by atoms with Crippen molar-refractivity contribution in [1.82, 2.24) is 5.32 Å². The first-order valence-corrected chi connectivity index (χ1v) is 5.70. The van der Waals surface area contributed by atoms with Gasteiger partial charge in [0.05, 0.1) is 5.92 Å². The fraction of sp³-hybridized carbons (Fsp3) is 0.636. The van der Waals surface area contributed by atoms with Gasteiger partial charge in [0.25, 0.3) is 0 Å². The number of carboxylic acid groups (broad SMARTS) is 3. The van der Waals surface area contributed by atoms with Crippen molar-refractivity contribution < 1.29 is 34.5 Å². The molecule has 0 aliphatic carbocycles. The Morgan fingerprint density at radius 1 is 0.947 bits per heavy atom. The monoisotopic (exact) mass is 275 g/mol. The normalized spacial score (nSPS) is 13.3. The summed E-state index contributed by atoms with van der Waals surface area (Å²) in [5.41, 5.74) is 0. The average Bonchev–Trinajstić information content (AvgIpc) is 2.30. The van der Waals surface area contributed by atoms with Gasteiger partial charge in [-0.25, -0.2) is 4.79 Å². The van der Waals surface area contributed by atoms with E-state index in [1.54, 1.807) is 0 Å². The first-order valence-electron chi connectivity index (χ1n) is 5.70. The molecule has 0 aromatic carbocycles. The predicted octanol–water partition coefficient (Wildman–Crippen LogP) is -0.0785. The van der Waals surface area contributed by atoms with Crippen LogP contribution >= 0.6 is 0 Å². The number of hydrogen-bond acceptors (Lipinski definition) is 4. The van der Waals surface area contributed by atoms with E-state index in [4.69, 9.17) is 15.3 Å². The van der Waals surface area contributed by atoms with Crippen LogP contribution in [0.2, 0.25) is 0 Å². The average molecular weight is 275 g/mol. The molecule has 0 aliphatic heterocycles. The summed E-state index contributed by atoms with van der Waals surface area (Å²) in [7, 11) is 0. The molecule has 8 nitrogen and oxygen atoms in total. The van der Waals surface area contributed by atoms with Gasteiger partial charge in [-0.3, -0.25) is 14.4 Å². The quantitative estimate of drug-likeness (QED) is 0.461. The molecule has 0 rings (SSSR count). The highest BCUT2D eigenvalue weighted by Gasteiger charge is 2.21. The van der Waals surface area contributed by atoms with Crippen LogP contribution in [0.4, 0.5) is 0 Å². The van der Waals surface area contributed by atoms with E-state index < -0.39 is 35.8 Å². The van der Waals surface area contributed by atoms with Crippen LogP contribution in [-0.2, 0) is 19.2 Å². The molecule has 1 amide bonds. The summed E-state index contributed by atoms with van der Waals surface area (Å²) in [5.74, 6) is -4.81. The Balaban J connectivity index is 4.20. The largest absolute Gasteiger partial charge is 0.481 e. The smallest absolute Gasteiger partial charge is 0.326 e. The Morgan fingerprint density at radius 2 is 1.53 bits per heavy atom. The Morgan fingerprint density at radius 3 is 1.95 bits per heavy atom. The van der Waals surface area contributed by atoms with E-state index in [9.17, 15) is 19.2 Å². The van der Waals surface area contributed by atoms with E-state index in [0.29, 0.717) is 0 Å². The lowest BCUT2D eigenvalue weighted by Crippen LogP contribution is -2.41. The summed E-state index contributed by atoms with van der Waals surface area (Å²) in [5, 5.41) is 28.0. The topological polar surface area (TPSA) is 141 Å². The van der Waals surface area contributed by atoms with Crippen molar-refractivity contribution in [2.45, 2.75) is 38.6 Å². The van der Waals surface area contributed by atoms with Gasteiger partial charge in [0.15, 0.2) is 0 Å². The van der Waals surface area contributed by atoms with Crippen molar-refractivity contribution in [1.29, 1.82) is 0 Å². The van der Waals surface area contributed by atoms with Crippen LogP contribution in [0.5, 0.6) is 0 Å². The molecule has 0 aromatic heterocycles. The van der Waals surface area contributed by atoms with Gasteiger partial charge in [-0.1, -0.05) is 6.92 Å². The molecule has 0 heterocycles. The van der Waals surface area contributed by atoms with Crippen molar-refractivity contribution in [3.05, 3.63) is 0 Å². The number of hydrogen-bond donors (Lipinski definition) is 4. The first kappa shape index (κ1) is 16.9. The minimum Gasteiger partial charge on any atom is -0.481 e. The van der Waals surface area contributed by atoms with Crippen LogP contribution in [0.3, 0.4) is 0 Å². The zero-order chi connectivity index (χ0) is 15.0. The van der Waals surface area contributed by atoms with Crippen LogP contribution in [0.1, 0.15) is 32.6 Å². The number of carbonyl (C=O) groups excluding carboxylic acids is 1. The number of rotatable bonds is 9. The summed E-state index contributed by atoms with van der Waals surface area (Å²) >= 11 is 0. The second-order valence-corrected chi connectivity index (χ2v) is 4.17. The zero-order valence-corrected chi connectivity index (χ0v) is 10.5. The van der Waals surface area contributed by atoms with Crippen LogP contribution in [0.25, 0.3) is 0 Å². The molecule has 0 radical (unpaired) electrons. The van der Waals surface area contributed by atoms with Crippen molar-refractivity contribution >= 4 is 23.8 Å². The predicted molar refractivity (Wildman–Crippen MR) is 62.5 cm³/mol. The molecule has 0 aliphatic rings. The van der Waals surface area contributed by atoms with Gasteiger partial charge in [-0.2, -0.15) is 0 Å². The lowest BCUT2D eigenvalue weighted by Gasteiger charge is -2.14. The van der Waals surface area contributed by atoms with E-state index in [1.807, 2.05) is 0 Å². The molecule has 0 spiro atoms. The fourth-order valence-electron chi connectivity index (χ4n) is 1.26. The second-order valence-electron chi connectivity index (χ2n) is 4.17. The lowest BCUT2D eigenvalue weighted by molar-refractivity contribution is -0.144. The molecule has 0 saturated heterocycles. The maximum Gasteiger partial charge on any atom is 0.326 e. The van der Waals surface area contributed by atoms with Crippen LogP contribution in [-0.4, -0.2) is 45.2 Å². The molecule has 2 atom stereocenters. The molecule has 0 fully saturated rings. The van der Waals surface area contributed by atoms with E-state index in [2.05, 4.69) is 5.32 Å². The summed E-state index contributed by atoms with van der Waals surface area (Å²) in [6.07, 6.45) is -0.621. The fourth-order valence-corrected chi connectivity index (χ4v) is 1.26. The zero-order valence-electron chi connectivity index (χ0n) is 10.5. The van der Waals surface area contributed by atoms with Crippen molar-refractivity contribution in [3.63, 3.8) is 0 Å². The Hall–Kier alpha value is -2.12. The van der Waals surface area contributed by atoms with Gasteiger partial charge in [0, 0.05) is 12.8 Å². The van der Waals surface area contributed by atoms with Gasteiger partial charge in [-0.05, 0) is 12.8 Å². The minimum absolute atomic E-state index is 0.0897. The van der Waals surface area contributed by atoms with Gasteiger partial charge in [0.1, 0.15) is 6.04 Å². The van der Waals surface area contributed by atoms with Gasteiger partial charge < -0.3 is 20.6 Å². The molecule has 0 aromatic rings. The van der Waals surface area contributed by atoms with Crippen LogP contribution in [0, 0.1) is 5.92 Å². The summed E-state index contributed by atoms with van der Waals surface area (Å²) in [6.45, 7) is 1.44. The summed E-state index contributed by atoms with van der Waals surface area (Å²) in [4.78, 5) is 43.1. The Kier molecular flexibility index (Phi) is 7.16. The molecule has 8 heteroatoms. The first-order chi connectivity index (χ1) is 8.73. The summed E-state index contributed by atoms with van der Waals surface area (Å²) < 4.78 is 0. The molecule has 0 bridgehead atoms. The number of carboxylic acids is 3. The highest BCUT2D eigenvalue weighted by molar-refractivity contribution is 5.84. The van der Waals surface area contributed by atoms with Crippen molar-refractivity contribution in [3.8, 4) is 0 Å². The molecule has 4 N–H and O–H groups in total. The Labute approximate surface area is 109 Å². The molecule has 108 valence electrons. The molecular weight excluding hydrogens is 258 g/mol. The third-order valence-electron chi connectivity index (χ3n) is 2.51. The molecular formula is C11H17NO7. The number of aliphatic carboxylic acids is 3. The lowest BCUT2D eigenvalue weighted by atomic mass is 10.1. The number of carbonyl (C=O) groups is 4. The number of amides is 1. The van der Waals surface area contributed by atoms with E-state index in [-0.39, 0.29) is 25.7 Å². The maximum absolute atomic E-state index is 11.4. The van der Waals surface area contributed by atoms with E-state index in [0.717, 1.165) is 0 Å². The highest BCUT2D eigenvalue weighted by Crippen LogP contribution is 2.06. The molecule has 0 saturated carbocycles. The van der Waals surface area contributed by atoms with Crippen LogP contribution < -0.4 is 5.32 Å². The third kappa shape index (κ3) is 7.74.